The van der Waals surface area contributed by atoms with Gasteiger partial charge < -0.3 is 14.8 Å². The van der Waals surface area contributed by atoms with E-state index in [1.54, 1.807) is 7.11 Å². The molecule has 0 saturated heterocycles. The summed E-state index contributed by atoms with van der Waals surface area (Å²) in [6, 6.07) is 0. The SMILES string of the molecule is CCCc1c(O)nc(C(C)(CC)OC)[nH]c1=O. The van der Waals surface area contributed by atoms with Crippen LogP contribution in [-0.2, 0) is 16.8 Å². The first-order valence-corrected chi connectivity index (χ1v) is 5.86. The largest absolute Gasteiger partial charge is 0.493 e. The molecule has 0 radical (unpaired) electrons. The second-order valence-corrected chi connectivity index (χ2v) is 4.26. The number of nitrogens with one attached hydrogen (secondary N) is 1. The summed E-state index contributed by atoms with van der Waals surface area (Å²) in [5, 5.41) is 9.77. The molecule has 5 nitrogen and oxygen atoms in total. The van der Waals surface area contributed by atoms with Crippen molar-refractivity contribution < 1.29 is 9.84 Å². The van der Waals surface area contributed by atoms with Crippen molar-refractivity contribution in [1.82, 2.24) is 9.97 Å². The lowest BCUT2D eigenvalue weighted by Gasteiger charge is -2.25. The highest BCUT2D eigenvalue weighted by molar-refractivity contribution is 5.24. The van der Waals surface area contributed by atoms with Crippen LogP contribution in [0.2, 0.25) is 0 Å². The van der Waals surface area contributed by atoms with E-state index in [2.05, 4.69) is 9.97 Å². The van der Waals surface area contributed by atoms with Crippen molar-refractivity contribution in [2.75, 3.05) is 7.11 Å². The molecule has 5 heteroatoms. The molecule has 96 valence electrons. The second-order valence-electron chi connectivity index (χ2n) is 4.26. The average Bonchev–Trinajstić information content (AvgIpc) is 2.32. The Labute approximate surface area is 101 Å². The summed E-state index contributed by atoms with van der Waals surface area (Å²) in [6.45, 7) is 5.70. The Morgan fingerprint density at radius 3 is 2.53 bits per heavy atom. The minimum Gasteiger partial charge on any atom is -0.493 e. The highest BCUT2D eigenvalue weighted by atomic mass is 16.5. The smallest absolute Gasteiger partial charge is 0.258 e. The molecular formula is C12H20N2O3. The summed E-state index contributed by atoms with van der Waals surface area (Å²) in [4.78, 5) is 18.6. The number of nitrogens with zero attached hydrogens (tertiary/aromatic N) is 1. The first-order chi connectivity index (χ1) is 7.98. The van der Waals surface area contributed by atoms with Gasteiger partial charge in [-0.2, -0.15) is 4.98 Å². The van der Waals surface area contributed by atoms with Gasteiger partial charge in [-0.1, -0.05) is 20.3 Å². The predicted molar refractivity (Wildman–Crippen MR) is 65.2 cm³/mol. The van der Waals surface area contributed by atoms with Crippen molar-refractivity contribution in [3.63, 3.8) is 0 Å². The molecule has 1 aromatic rings. The van der Waals surface area contributed by atoms with Crippen LogP contribution >= 0.6 is 0 Å². The Balaban J connectivity index is 3.27. The van der Waals surface area contributed by atoms with Crippen LogP contribution in [0.1, 0.15) is 45.0 Å². The van der Waals surface area contributed by atoms with Crippen LogP contribution in [0, 0.1) is 0 Å². The fourth-order valence-electron chi connectivity index (χ4n) is 1.62. The summed E-state index contributed by atoms with van der Waals surface area (Å²) in [5.74, 6) is 0.173. The number of aromatic nitrogens is 2. The number of hydrogen-bond donors (Lipinski definition) is 2. The van der Waals surface area contributed by atoms with E-state index in [-0.39, 0.29) is 11.4 Å². The van der Waals surface area contributed by atoms with Gasteiger partial charge in [0.2, 0.25) is 5.88 Å². The van der Waals surface area contributed by atoms with Gasteiger partial charge in [-0.15, -0.1) is 0 Å². The fourth-order valence-corrected chi connectivity index (χ4v) is 1.62. The van der Waals surface area contributed by atoms with Crippen molar-refractivity contribution in [1.29, 1.82) is 0 Å². The van der Waals surface area contributed by atoms with E-state index in [0.29, 0.717) is 24.2 Å². The summed E-state index contributed by atoms with van der Waals surface area (Å²) in [7, 11) is 1.56. The summed E-state index contributed by atoms with van der Waals surface area (Å²) in [5.41, 5.74) is -0.627. The van der Waals surface area contributed by atoms with Gasteiger partial charge in [0.1, 0.15) is 11.4 Å². The Morgan fingerprint density at radius 1 is 1.47 bits per heavy atom. The zero-order chi connectivity index (χ0) is 13.1. The number of methoxy groups -OCH3 is 1. The molecule has 0 amide bonds. The van der Waals surface area contributed by atoms with Crippen molar-refractivity contribution in [3.8, 4) is 5.88 Å². The van der Waals surface area contributed by atoms with Crippen LogP contribution < -0.4 is 5.56 Å². The molecule has 2 N–H and O–H groups in total. The monoisotopic (exact) mass is 240 g/mol. The summed E-state index contributed by atoms with van der Waals surface area (Å²) >= 11 is 0. The fraction of sp³-hybridized carbons (Fsp3) is 0.667. The zero-order valence-corrected chi connectivity index (χ0v) is 10.8. The average molecular weight is 240 g/mol. The van der Waals surface area contributed by atoms with Crippen LogP contribution in [0.3, 0.4) is 0 Å². The summed E-state index contributed by atoms with van der Waals surface area (Å²) < 4.78 is 5.34. The van der Waals surface area contributed by atoms with Crippen LogP contribution in [-0.4, -0.2) is 22.2 Å². The standard InChI is InChI=1S/C12H20N2O3/c1-5-7-8-9(15)13-11(14-10(8)16)12(3,6-2)17-4/h5-7H2,1-4H3,(H2,13,14,15,16). The van der Waals surface area contributed by atoms with Gasteiger partial charge in [-0.3, -0.25) is 4.79 Å². The van der Waals surface area contributed by atoms with Crippen LogP contribution in [0.4, 0.5) is 0 Å². The molecule has 0 spiro atoms. The van der Waals surface area contributed by atoms with Gasteiger partial charge in [0.05, 0.1) is 5.56 Å². The third kappa shape index (κ3) is 2.66. The predicted octanol–water partition coefficient (Wildman–Crippen LogP) is 1.70. The number of aromatic amines is 1. The molecule has 0 aliphatic heterocycles. The molecule has 0 fully saturated rings. The van der Waals surface area contributed by atoms with Crippen molar-refractivity contribution in [2.24, 2.45) is 0 Å². The third-order valence-electron chi connectivity index (χ3n) is 3.12. The normalized spacial score (nSPS) is 14.6. The van der Waals surface area contributed by atoms with E-state index < -0.39 is 5.60 Å². The molecule has 1 atom stereocenters. The van der Waals surface area contributed by atoms with Gasteiger partial charge >= 0.3 is 0 Å². The number of ether oxygens (including phenoxy) is 1. The lowest BCUT2D eigenvalue weighted by molar-refractivity contribution is -0.00966. The van der Waals surface area contributed by atoms with Gasteiger partial charge in [0.15, 0.2) is 0 Å². The molecule has 1 heterocycles. The van der Waals surface area contributed by atoms with Gasteiger partial charge in [-0.25, -0.2) is 0 Å². The maximum Gasteiger partial charge on any atom is 0.258 e. The van der Waals surface area contributed by atoms with Crippen molar-refractivity contribution >= 4 is 0 Å². The van der Waals surface area contributed by atoms with Gasteiger partial charge in [-0.05, 0) is 19.8 Å². The van der Waals surface area contributed by atoms with Gasteiger partial charge in [0.25, 0.3) is 5.56 Å². The lowest BCUT2D eigenvalue weighted by Crippen LogP contribution is -2.30. The van der Waals surface area contributed by atoms with Crippen molar-refractivity contribution in [3.05, 3.63) is 21.7 Å². The van der Waals surface area contributed by atoms with Crippen LogP contribution in [0.25, 0.3) is 0 Å². The third-order valence-corrected chi connectivity index (χ3v) is 3.12. The molecule has 17 heavy (non-hydrogen) atoms. The molecule has 1 aromatic heterocycles. The van der Waals surface area contributed by atoms with E-state index in [1.165, 1.54) is 0 Å². The lowest BCUT2D eigenvalue weighted by atomic mass is 10.0. The Hall–Kier alpha value is -1.36. The first kappa shape index (κ1) is 13.7. The molecule has 0 aliphatic carbocycles. The van der Waals surface area contributed by atoms with E-state index in [0.717, 1.165) is 6.42 Å². The molecule has 0 aliphatic rings. The molecule has 0 saturated carbocycles. The van der Waals surface area contributed by atoms with Crippen LogP contribution in [0.15, 0.2) is 4.79 Å². The number of H-pyrrole nitrogens is 1. The molecular weight excluding hydrogens is 220 g/mol. The molecule has 0 bridgehead atoms. The quantitative estimate of drug-likeness (QED) is 0.821. The maximum atomic E-state index is 11.8. The first-order valence-electron chi connectivity index (χ1n) is 5.86. The Bertz CT molecular complexity index is 436. The molecule has 1 unspecified atom stereocenters. The van der Waals surface area contributed by atoms with Gasteiger partial charge in [0, 0.05) is 7.11 Å². The zero-order valence-electron chi connectivity index (χ0n) is 10.8. The summed E-state index contributed by atoms with van der Waals surface area (Å²) in [6.07, 6.45) is 1.95. The maximum absolute atomic E-state index is 11.8. The second kappa shape index (κ2) is 5.31. The minimum absolute atomic E-state index is 0.192. The Kier molecular flexibility index (Phi) is 4.28. The topological polar surface area (TPSA) is 75.2 Å². The van der Waals surface area contributed by atoms with E-state index in [9.17, 15) is 9.90 Å². The molecule has 1 rings (SSSR count). The van der Waals surface area contributed by atoms with Crippen LogP contribution in [0.5, 0.6) is 5.88 Å². The minimum atomic E-state index is -0.679. The highest BCUT2D eigenvalue weighted by Gasteiger charge is 2.28. The Morgan fingerprint density at radius 2 is 2.12 bits per heavy atom. The van der Waals surface area contributed by atoms with E-state index in [4.69, 9.17) is 4.74 Å². The number of hydrogen-bond acceptors (Lipinski definition) is 4. The molecule has 0 aromatic carbocycles. The van der Waals surface area contributed by atoms with E-state index in [1.807, 2.05) is 20.8 Å². The number of rotatable bonds is 5. The number of aromatic hydroxyl groups is 1. The van der Waals surface area contributed by atoms with E-state index >= 15 is 0 Å². The highest BCUT2D eigenvalue weighted by Crippen LogP contribution is 2.26. The van der Waals surface area contributed by atoms with Crippen molar-refractivity contribution in [2.45, 2.75) is 45.6 Å².